The number of nitrogens with one attached hydrogen (secondary N) is 2. The second kappa shape index (κ2) is 12.4. The molecule has 0 spiro atoms. The van der Waals surface area contributed by atoms with E-state index in [1.54, 1.807) is 0 Å². The molecule has 25 heavy (non-hydrogen) atoms. The van der Waals surface area contributed by atoms with E-state index in [1.807, 2.05) is 19.2 Å². The Morgan fingerprint density at radius 3 is 2.72 bits per heavy atom. The molecule has 1 atom stereocenters. The lowest BCUT2D eigenvalue weighted by Crippen LogP contribution is -2.42. The van der Waals surface area contributed by atoms with Gasteiger partial charge in [0.15, 0.2) is 5.96 Å². The van der Waals surface area contributed by atoms with Crippen LogP contribution in [0.2, 0.25) is 0 Å². The summed E-state index contributed by atoms with van der Waals surface area (Å²) < 4.78 is 5.93. The average Bonchev–Trinajstić information content (AvgIpc) is 3.07. The summed E-state index contributed by atoms with van der Waals surface area (Å²) in [6.07, 6.45) is 3.94. The zero-order chi connectivity index (χ0) is 17.2. The van der Waals surface area contributed by atoms with Gasteiger partial charge in [-0.05, 0) is 70.4 Å². The second-order valence-corrected chi connectivity index (χ2v) is 6.53. The molecule has 1 saturated heterocycles. The van der Waals surface area contributed by atoms with Gasteiger partial charge in [-0.2, -0.15) is 0 Å². The highest BCUT2D eigenvalue weighted by Crippen LogP contribution is 2.13. The molecule has 1 fully saturated rings. The molecular formula is C19H33IN4O. The quantitative estimate of drug-likeness (QED) is 0.271. The van der Waals surface area contributed by atoms with E-state index < -0.39 is 0 Å². The van der Waals surface area contributed by atoms with Gasteiger partial charge < -0.3 is 20.3 Å². The van der Waals surface area contributed by atoms with Crippen LogP contribution in [0.15, 0.2) is 29.3 Å². The molecule has 1 heterocycles. The van der Waals surface area contributed by atoms with Crippen LogP contribution in [0.5, 0.6) is 5.75 Å². The van der Waals surface area contributed by atoms with Gasteiger partial charge >= 0.3 is 0 Å². The molecule has 1 aromatic carbocycles. The molecule has 0 saturated carbocycles. The minimum atomic E-state index is 0. The predicted molar refractivity (Wildman–Crippen MR) is 116 cm³/mol. The van der Waals surface area contributed by atoms with Crippen molar-refractivity contribution in [2.24, 2.45) is 4.99 Å². The second-order valence-electron chi connectivity index (χ2n) is 6.53. The van der Waals surface area contributed by atoms with Crippen molar-refractivity contribution < 1.29 is 4.74 Å². The molecule has 0 aliphatic carbocycles. The first-order valence-corrected chi connectivity index (χ1v) is 9.07. The summed E-state index contributed by atoms with van der Waals surface area (Å²) in [5.41, 5.74) is 1.21. The lowest BCUT2D eigenvalue weighted by atomic mass is 10.2. The maximum atomic E-state index is 5.93. The third-order valence-corrected chi connectivity index (χ3v) is 4.25. The van der Waals surface area contributed by atoms with Crippen LogP contribution in [0.1, 0.15) is 31.7 Å². The molecule has 6 heteroatoms. The van der Waals surface area contributed by atoms with E-state index in [4.69, 9.17) is 4.74 Å². The number of hydrogen-bond donors (Lipinski definition) is 2. The standard InChI is InChI=1S/C19H32N4O.HI/c1-16-8-6-9-18(14-16)24-17(2)15-22-19(20-3)21-10-7-13-23-11-4-5-12-23;/h6,8-9,14,17H,4-5,7,10-13,15H2,1-3H3,(H2,20,21,22);1H. The molecule has 0 amide bonds. The Morgan fingerprint density at radius 1 is 1.28 bits per heavy atom. The number of likely N-dealkylation sites (tertiary alicyclic amines) is 1. The van der Waals surface area contributed by atoms with E-state index in [0.717, 1.165) is 31.2 Å². The number of aliphatic imine (C=N–C) groups is 1. The highest BCUT2D eigenvalue weighted by molar-refractivity contribution is 14.0. The number of guanidine groups is 1. The third-order valence-electron chi connectivity index (χ3n) is 4.25. The van der Waals surface area contributed by atoms with Crippen LogP contribution in [0, 0.1) is 6.92 Å². The normalized spacial score (nSPS) is 16.2. The van der Waals surface area contributed by atoms with Gasteiger partial charge in [-0.1, -0.05) is 12.1 Å². The first-order valence-electron chi connectivity index (χ1n) is 9.07. The third kappa shape index (κ3) is 8.76. The van der Waals surface area contributed by atoms with Gasteiger partial charge in [-0.3, -0.25) is 4.99 Å². The monoisotopic (exact) mass is 460 g/mol. The van der Waals surface area contributed by atoms with Crippen molar-refractivity contribution in [3.8, 4) is 5.75 Å². The van der Waals surface area contributed by atoms with E-state index >= 15 is 0 Å². The fourth-order valence-corrected chi connectivity index (χ4v) is 2.94. The number of nitrogens with zero attached hydrogens (tertiary/aromatic N) is 2. The lowest BCUT2D eigenvalue weighted by molar-refractivity contribution is 0.223. The number of halogens is 1. The summed E-state index contributed by atoms with van der Waals surface area (Å²) in [4.78, 5) is 6.81. The molecule has 142 valence electrons. The predicted octanol–water partition coefficient (Wildman–Crippen LogP) is 3.03. The van der Waals surface area contributed by atoms with E-state index in [-0.39, 0.29) is 30.1 Å². The molecule has 1 aromatic rings. The number of rotatable bonds is 8. The molecule has 0 radical (unpaired) electrons. The summed E-state index contributed by atoms with van der Waals surface area (Å²) >= 11 is 0. The highest BCUT2D eigenvalue weighted by atomic mass is 127. The maximum Gasteiger partial charge on any atom is 0.191 e. The number of ether oxygens (including phenoxy) is 1. The Bertz CT molecular complexity index is 518. The van der Waals surface area contributed by atoms with Gasteiger partial charge in [0.25, 0.3) is 0 Å². The Morgan fingerprint density at radius 2 is 2.04 bits per heavy atom. The average molecular weight is 460 g/mol. The highest BCUT2D eigenvalue weighted by Gasteiger charge is 2.10. The van der Waals surface area contributed by atoms with Gasteiger partial charge in [0.1, 0.15) is 11.9 Å². The van der Waals surface area contributed by atoms with Gasteiger partial charge in [-0.15, -0.1) is 24.0 Å². The number of aryl methyl sites for hydroxylation is 1. The van der Waals surface area contributed by atoms with E-state index in [0.29, 0.717) is 0 Å². The van der Waals surface area contributed by atoms with Crippen molar-refractivity contribution in [3.63, 3.8) is 0 Å². The summed E-state index contributed by atoms with van der Waals surface area (Å²) in [6.45, 7) is 9.52. The molecule has 1 aliphatic heterocycles. The number of benzene rings is 1. The fraction of sp³-hybridized carbons (Fsp3) is 0.632. The van der Waals surface area contributed by atoms with Crippen LogP contribution in [-0.2, 0) is 0 Å². The van der Waals surface area contributed by atoms with Crippen LogP contribution in [0.4, 0.5) is 0 Å². The SMILES string of the molecule is CN=C(NCCCN1CCCC1)NCC(C)Oc1cccc(C)c1.I. The largest absolute Gasteiger partial charge is 0.489 e. The van der Waals surface area contributed by atoms with Crippen LogP contribution in [-0.4, -0.2) is 56.7 Å². The number of hydrogen-bond acceptors (Lipinski definition) is 3. The molecule has 1 aliphatic rings. The van der Waals surface area contributed by atoms with Crippen molar-refractivity contribution in [2.45, 2.75) is 39.2 Å². The van der Waals surface area contributed by atoms with Crippen molar-refractivity contribution in [1.29, 1.82) is 0 Å². The van der Waals surface area contributed by atoms with E-state index in [2.05, 4.69) is 46.5 Å². The molecule has 2 N–H and O–H groups in total. The summed E-state index contributed by atoms with van der Waals surface area (Å²) in [7, 11) is 1.81. The van der Waals surface area contributed by atoms with Gasteiger partial charge in [-0.25, -0.2) is 0 Å². The zero-order valence-corrected chi connectivity index (χ0v) is 18.1. The Labute approximate surface area is 169 Å². The van der Waals surface area contributed by atoms with E-state index in [9.17, 15) is 0 Å². The molecule has 5 nitrogen and oxygen atoms in total. The van der Waals surface area contributed by atoms with Crippen molar-refractivity contribution >= 4 is 29.9 Å². The van der Waals surface area contributed by atoms with Gasteiger partial charge in [0.2, 0.25) is 0 Å². The topological polar surface area (TPSA) is 48.9 Å². The van der Waals surface area contributed by atoms with Crippen LogP contribution in [0.25, 0.3) is 0 Å². The molecular weight excluding hydrogens is 427 g/mol. The van der Waals surface area contributed by atoms with Gasteiger partial charge in [0.05, 0.1) is 6.54 Å². The Kier molecular flexibility index (Phi) is 10.9. The maximum absolute atomic E-state index is 5.93. The van der Waals surface area contributed by atoms with E-state index in [1.165, 1.54) is 38.0 Å². The van der Waals surface area contributed by atoms with Crippen LogP contribution in [0.3, 0.4) is 0 Å². The first-order chi connectivity index (χ1) is 11.7. The summed E-state index contributed by atoms with van der Waals surface area (Å²) in [5, 5.41) is 6.71. The minimum absolute atomic E-state index is 0. The summed E-state index contributed by atoms with van der Waals surface area (Å²) in [5.74, 6) is 1.76. The molecule has 2 rings (SSSR count). The summed E-state index contributed by atoms with van der Waals surface area (Å²) in [6, 6.07) is 8.15. The minimum Gasteiger partial charge on any atom is -0.489 e. The molecule has 0 bridgehead atoms. The van der Waals surface area contributed by atoms with Gasteiger partial charge in [0, 0.05) is 13.6 Å². The van der Waals surface area contributed by atoms with Crippen LogP contribution >= 0.6 is 24.0 Å². The van der Waals surface area contributed by atoms with Crippen LogP contribution < -0.4 is 15.4 Å². The molecule has 1 unspecified atom stereocenters. The first kappa shape index (κ1) is 22.0. The smallest absolute Gasteiger partial charge is 0.191 e. The molecule has 0 aromatic heterocycles. The van der Waals surface area contributed by atoms with Crippen molar-refractivity contribution in [3.05, 3.63) is 29.8 Å². The zero-order valence-electron chi connectivity index (χ0n) is 15.8. The lowest BCUT2D eigenvalue weighted by Gasteiger charge is -2.19. The van der Waals surface area contributed by atoms with Crippen molar-refractivity contribution in [2.75, 3.05) is 39.8 Å². The fourth-order valence-electron chi connectivity index (χ4n) is 2.94. The Balaban J connectivity index is 0.00000312. The Hall–Kier alpha value is -1.02. The van der Waals surface area contributed by atoms with Crippen molar-refractivity contribution in [1.82, 2.24) is 15.5 Å².